The zero-order valence-corrected chi connectivity index (χ0v) is 21.9. The van der Waals surface area contributed by atoms with E-state index in [1.807, 2.05) is 48.5 Å². The fraction of sp³-hybridized carbons (Fsp3) is 0.880. The topological polar surface area (TPSA) is 87.3 Å². The quantitative estimate of drug-likeness (QED) is 0.435. The van der Waals surface area contributed by atoms with Crippen LogP contribution in [0.4, 0.5) is 0 Å². The summed E-state index contributed by atoms with van der Waals surface area (Å²) in [5.41, 5.74) is -1.04. The van der Waals surface area contributed by atoms with E-state index in [0.29, 0.717) is 45.1 Å². The number of nitrogens with one attached hydrogen (secondary N) is 3. The van der Waals surface area contributed by atoms with E-state index in [4.69, 9.17) is 0 Å². The van der Waals surface area contributed by atoms with Gasteiger partial charge in [-0.15, -0.1) is 0 Å². The van der Waals surface area contributed by atoms with Crippen LogP contribution in [0.3, 0.4) is 0 Å². The second kappa shape index (κ2) is 11.9. The van der Waals surface area contributed by atoms with Gasteiger partial charge in [0.15, 0.2) is 0 Å². The van der Waals surface area contributed by atoms with Crippen LogP contribution in [0.2, 0.25) is 0 Å². The summed E-state index contributed by atoms with van der Waals surface area (Å²) < 4.78 is 0. The Balaban J connectivity index is 5.53. The lowest BCUT2D eigenvalue weighted by Crippen LogP contribution is -2.44. The minimum Gasteiger partial charge on any atom is -0.356 e. The molecule has 0 radical (unpaired) electrons. The SMILES string of the molecule is CCCNC(=O)CCC(CCC(=O)NC(C)(C)C)(CCC(=O)NC(C)(C)C)C(C)(C)C. The van der Waals surface area contributed by atoms with Crippen LogP contribution in [0.5, 0.6) is 0 Å². The van der Waals surface area contributed by atoms with Gasteiger partial charge in [-0.1, -0.05) is 27.7 Å². The van der Waals surface area contributed by atoms with Crippen LogP contribution in [0.1, 0.15) is 114 Å². The van der Waals surface area contributed by atoms with E-state index >= 15 is 0 Å². The largest absolute Gasteiger partial charge is 0.356 e. The number of amides is 3. The predicted octanol–water partition coefficient (Wildman–Crippen LogP) is 4.72. The third-order valence-corrected chi connectivity index (χ3v) is 5.68. The van der Waals surface area contributed by atoms with E-state index in [0.717, 1.165) is 6.42 Å². The zero-order valence-electron chi connectivity index (χ0n) is 21.9. The van der Waals surface area contributed by atoms with Gasteiger partial charge in [-0.05, 0) is 78.1 Å². The molecule has 0 unspecified atom stereocenters. The zero-order chi connectivity index (χ0) is 24.5. The van der Waals surface area contributed by atoms with Crippen LogP contribution in [0, 0.1) is 10.8 Å². The molecule has 0 saturated carbocycles. The minimum atomic E-state index is -0.305. The van der Waals surface area contributed by atoms with E-state index in [-0.39, 0.29) is 39.6 Å². The lowest BCUT2D eigenvalue weighted by Gasteiger charge is -2.46. The summed E-state index contributed by atoms with van der Waals surface area (Å²) in [6.45, 7) is 21.0. The highest BCUT2D eigenvalue weighted by molar-refractivity contribution is 5.78. The number of hydrogen-bond acceptors (Lipinski definition) is 3. The molecule has 3 amide bonds. The standard InChI is InChI=1S/C25H49N3O3/c1-11-18-26-19(29)12-15-25(22(2,3)4,16-13-20(30)27-23(5,6)7)17-14-21(31)28-24(8,9)10/h11-18H2,1-10H3,(H,26,29)(H,27,30)(H,28,31). The summed E-state index contributed by atoms with van der Waals surface area (Å²) in [6, 6.07) is 0. The van der Waals surface area contributed by atoms with Crippen molar-refractivity contribution in [3.05, 3.63) is 0 Å². The second-order valence-electron chi connectivity index (χ2n) is 12.0. The summed E-state index contributed by atoms with van der Waals surface area (Å²) in [5, 5.41) is 9.02. The van der Waals surface area contributed by atoms with Crippen molar-refractivity contribution in [2.75, 3.05) is 6.54 Å². The van der Waals surface area contributed by atoms with Gasteiger partial charge >= 0.3 is 0 Å². The molecule has 3 N–H and O–H groups in total. The van der Waals surface area contributed by atoms with Gasteiger partial charge in [-0.25, -0.2) is 0 Å². The van der Waals surface area contributed by atoms with Crippen molar-refractivity contribution in [1.82, 2.24) is 16.0 Å². The molecule has 0 saturated heterocycles. The van der Waals surface area contributed by atoms with Gasteiger partial charge < -0.3 is 16.0 Å². The lowest BCUT2D eigenvalue weighted by molar-refractivity contribution is -0.124. The summed E-state index contributed by atoms with van der Waals surface area (Å²) in [5.74, 6) is 0.0557. The van der Waals surface area contributed by atoms with Gasteiger partial charge in [0.1, 0.15) is 0 Å². The fourth-order valence-electron chi connectivity index (χ4n) is 3.87. The normalized spacial score (nSPS) is 13.0. The smallest absolute Gasteiger partial charge is 0.220 e. The Bertz CT molecular complexity index is 561. The van der Waals surface area contributed by atoms with Crippen molar-refractivity contribution < 1.29 is 14.4 Å². The Hall–Kier alpha value is -1.59. The number of carbonyl (C=O) groups excluding carboxylic acids is 3. The second-order valence-corrected chi connectivity index (χ2v) is 12.0. The van der Waals surface area contributed by atoms with Crippen molar-refractivity contribution in [3.63, 3.8) is 0 Å². The maximum Gasteiger partial charge on any atom is 0.220 e. The average Bonchev–Trinajstić information content (AvgIpc) is 2.55. The molecule has 0 aromatic rings. The van der Waals surface area contributed by atoms with Crippen molar-refractivity contribution in [1.29, 1.82) is 0 Å². The Morgan fingerprint density at radius 3 is 1.26 bits per heavy atom. The number of carbonyl (C=O) groups is 3. The molecule has 0 aliphatic heterocycles. The van der Waals surface area contributed by atoms with Gasteiger partial charge in [-0.3, -0.25) is 14.4 Å². The minimum absolute atomic E-state index is 0.00991. The Kier molecular flexibility index (Phi) is 11.3. The van der Waals surface area contributed by atoms with Gasteiger partial charge in [-0.2, -0.15) is 0 Å². The van der Waals surface area contributed by atoms with E-state index < -0.39 is 0 Å². The van der Waals surface area contributed by atoms with E-state index in [2.05, 4.69) is 36.7 Å². The third-order valence-electron chi connectivity index (χ3n) is 5.68. The molecule has 6 heteroatoms. The molecule has 0 bridgehead atoms. The lowest BCUT2D eigenvalue weighted by atomic mass is 9.59. The van der Waals surface area contributed by atoms with Crippen molar-refractivity contribution in [2.45, 2.75) is 125 Å². The molecule has 0 heterocycles. The van der Waals surface area contributed by atoms with Crippen LogP contribution < -0.4 is 16.0 Å². The Morgan fingerprint density at radius 2 is 0.968 bits per heavy atom. The summed E-state index contributed by atoms with van der Waals surface area (Å²) in [6.07, 6.45) is 4.00. The van der Waals surface area contributed by atoms with E-state index in [1.165, 1.54) is 0 Å². The van der Waals surface area contributed by atoms with E-state index in [9.17, 15) is 14.4 Å². The van der Waals surface area contributed by atoms with Gasteiger partial charge in [0.2, 0.25) is 17.7 Å². The number of rotatable bonds is 11. The highest BCUT2D eigenvalue weighted by Crippen LogP contribution is 2.50. The van der Waals surface area contributed by atoms with E-state index in [1.54, 1.807) is 0 Å². The van der Waals surface area contributed by atoms with Gasteiger partial charge in [0, 0.05) is 36.9 Å². The maximum atomic E-state index is 12.6. The third kappa shape index (κ3) is 12.8. The van der Waals surface area contributed by atoms with Crippen LogP contribution in [-0.2, 0) is 14.4 Å². The molecule has 0 aromatic heterocycles. The predicted molar refractivity (Wildman–Crippen MR) is 129 cm³/mol. The van der Waals surface area contributed by atoms with Crippen LogP contribution >= 0.6 is 0 Å². The molecule has 31 heavy (non-hydrogen) atoms. The fourth-order valence-corrected chi connectivity index (χ4v) is 3.87. The first-order chi connectivity index (χ1) is 13.9. The van der Waals surface area contributed by atoms with Crippen molar-refractivity contribution in [3.8, 4) is 0 Å². The average molecular weight is 440 g/mol. The summed E-state index contributed by atoms with van der Waals surface area (Å²) >= 11 is 0. The molecule has 0 atom stereocenters. The molecule has 0 aliphatic carbocycles. The summed E-state index contributed by atoms with van der Waals surface area (Å²) in [7, 11) is 0. The maximum absolute atomic E-state index is 12.6. The van der Waals surface area contributed by atoms with Crippen molar-refractivity contribution in [2.24, 2.45) is 10.8 Å². The molecule has 6 nitrogen and oxygen atoms in total. The highest BCUT2D eigenvalue weighted by atomic mass is 16.2. The van der Waals surface area contributed by atoms with Crippen LogP contribution in [-0.4, -0.2) is 35.3 Å². The Morgan fingerprint density at radius 1 is 0.613 bits per heavy atom. The van der Waals surface area contributed by atoms with Gasteiger partial charge in [0.25, 0.3) is 0 Å². The van der Waals surface area contributed by atoms with Crippen LogP contribution in [0.15, 0.2) is 0 Å². The molecule has 0 spiro atoms. The van der Waals surface area contributed by atoms with Crippen molar-refractivity contribution >= 4 is 17.7 Å². The van der Waals surface area contributed by atoms with Crippen LogP contribution in [0.25, 0.3) is 0 Å². The molecule has 0 rings (SSSR count). The monoisotopic (exact) mass is 439 g/mol. The molecule has 0 aliphatic rings. The first-order valence-electron chi connectivity index (χ1n) is 11.8. The molecular weight excluding hydrogens is 390 g/mol. The molecule has 0 aromatic carbocycles. The first-order valence-corrected chi connectivity index (χ1v) is 11.8. The molecule has 0 fully saturated rings. The Labute approximate surface area is 191 Å². The first kappa shape index (κ1) is 29.4. The highest BCUT2D eigenvalue weighted by Gasteiger charge is 2.42. The molecule has 182 valence electrons. The summed E-state index contributed by atoms with van der Waals surface area (Å²) in [4.78, 5) is 37.5. The van der Waals surface area contributed by atoms with Gasteiger partial charge in [0.05, 0.1) is 0 Å². The molecular formula is C25H49N3O3. The number of hydrogen-bond donors (Lipinski definition) is 3.